The zero-order valence-corrected chi connectivity index (χ0v) is 12.4. The molecule has 20 heavy (non-hydrogen) atoms. The molecule has 1 heterocycles. The van der Waals surface area contributed by atoms with Gasteiger partial charge in [-0.2, -0.15) is 0 Å². The molecule has 0 bridgehead atoms. The molecule has 0 fully saturated rings. The highest BCUT2D eigenvalue weighted by molar-refractivity contribution is 9.10. The Hall–Kier alpha value is -1.95. The first-order valence-electron chi connectivity index (χ1n) is 5.73. The van der Waals surface area contributed by atoms with E-state index in [0.29, 0.717) is 15.9 Å². The lowest BCUT2D eigenvalue weighted by molar-refractivity contribution is 0.0692. The Morgan fingerprint density at radius 2 is 2.00 bits per heavy atom. The monoisotopic (exact) mass is 339 g/mol. The van der Waals surface area contributed by atoms with Crippen molar-refractivity contribution in [2.24, 2.45) is 0 Å². The van der Waals surface area contributed by atoms with Crippen LogP contribution in [0, 0.1) is 19.7 Å². The number of aryl methyl sites for hydroxylation is 2. The number of benzene rings is 1. The third-order valence-electron chi connectivity index (χ3n) is 2.62. The Balaban J connectivity index is 2.50. The second-order valence-corrected chi connectivity index (χ2v) is 5.12. The fourth-order valence-corrected chi connectivity index (χ4v) is 2.14. The third kappa shape index (κ3) is 2.96. The van der Waals surface area contributed by atoms with Gasteiger partial charge in [0.25, 0.3) is 0 Å². The van der Waals surface area contributed by atoms with Gasteiger partial charge in [0.05, 0.1) is 5.69 Å². The quantitative estimate of drug-likeness (QED) is 0.914. The number of nitrogens with zero attached hydrogens (tertiary/aromatic N) is 1. The second kappa shape index (κ2) is 5.58. The molecule has 0 radical (unpaired) electrons. The van der Waals surface area contributed by atoms with Crippen molar-refractivity contribution in [1.29, 1.82) is 0 Å². The number of hydrogen-bond donors (Lipinski definition) is 1. The fourth-order valence-electron chi connectivity index (χ4n) is 1.81. The molecule has 0 saturated heterocycles. The molecule has 0 aliphatic rings. The predicted molar refractivity (Wildman–Crippen MR) is 74.8 cm³/mol. The van der Waals surface area contributed by atoms with Crippen LogP contribution in [0.15, 0.2) is 28.7 Å². The lowest BCUT2D eigenvalue weighted by Gasteiger charge is -2.12. The Kier molecular flexibility index (Phi) is 4.04. The molecule has 0 unspecified atom stereocenters. The summed E-state index contributed by atoms with van der Waals surface area (Å²) in [5, 5.41) is 9.21. The second-order valence-electron chi connectivity index (χ2n) is 4.20. The number of pyridine rings is 1. The van der Waals surface area contributed by atoms with Gasteiger partial charge in [-0.25, -0.2) is 9.18 Å². The van der Waals surface area contributed by atoms with Crippen LogP contribution in [0.3, 0.4) is 0 Å². The minimum atomic E-state index is -1.16. The predicted octanol–water partition coefficient (Wildman–Crippen LogP) is 4.09. The summed E-state index contributed by atoms with van der Waals surface area (Å²) >= 11 is 3.14. The minimum absolute atomic E-state index is 0.0410. The maximum atomic E-state index is 13.8. The molecule has 0 spiro atoms. The number of carbonyl (C=O) groups is 1. The van der Waals surface area contributed by atoms with Crippen molar-refractivity contribution in [2.75, 3.05) is 0 Å². The van der Waals surface area contributed by atoms with E-state index in [2.05, 4.69) is 20.9 Å². The summed E-state index contributed by atoms with van der Waals surface area (Å²) in [6, 6.07) is 5.75. The summed E-state index contributed by atoms with van der Waals surface area (Å²) in [4.78, 5) is 15.3. The minimum Gasteiger partial charge on any atom is -0.477 e. The van der Waals surface area contributed by atoms with Crippen molar-refractivity contribution in [3.63, 3.8) is 0 Å². The summed E-state index contributed by atoms with van der Waals surface area (Å²) in [6.07, 6.45) is 0. The van der Waals surface area contributed by atoms with Crippen molar-refractivity contribution in [2.45, 2.75) is 13.8 Å². The summed E-state index contributed by atoms with van der Waals surface area (Å²) in [7, 11) is 0. The first kappa shape index (κ1) is 14.5. The summed E-state index contributed by atoms with van der Waals surface area (Å²) in [5.41, 5.74) is 0.850. The number of aromatic nitrogens is 1. The van der Waals surface area contributed by atoms with E-state index >= 15 is 0 Å². The molecule has 1 aromatic heterocycles. The zero-order chi connectivity index (χ0) is 14.9. The molecular weight excluding hydrogens is 329 g/mol. The molecule has 2 rings (SSSR count). The maximum Gasteiger partial charge on any atom is 0.341 e. The molecular formula is C14H11BrFNO3. The Morgan fingerprint density at radius 3 is 2.60 bits per heavy atom. The first-order valence-corrected chi connectivity index (χ1v) is 6.52. The van der Waals surface area contributed by atoms with Crippen LogP contribution in [0.5, 0.6) is 11.5 Å². The van der Waals surface area contributed by atoms with Crippen LogP contribution in [0.2, 0.25) is 0 Å². The average molecular weight is 340 g/mol. The smallest absolute Gasteiger partial charge is 0.341 e. The third-order valence-corrected chi connectivity index (χ3v) is 3.11. The van der Waals surface area contributed by atoms with Crippen LogP contribution in [-0.2, 0) is 0 Å². The summed E-state index contributed by atoms with van der Waals surface area (Å²) in [6.45, 7) is 3.28. The molecule has 1 N–H and O–H groups in total. The molecule has 0 atom stereocenters. The number of carboxylic acid groups (broad SMARTS) is 1. The normalized spacial score (nSPS) is 10.4. The van der Waals surface area contributed by atoms with Gasteiger partial charge in [0.1, 0.15) is 11.3 Å². The van der Waals surface area contributed by atoms with Crippen LogP contribution in [-0.4, -0.2) is 16.1 Å². The van der Waals surface area contributed by atoms with E-state index in [-0.39, 0.29) is 17.1 Å². The molecule has 0 aliphatic carbocycles. The van der Waals surface area contributed by atoms with Crippen molar-refractivity contribution in [1.82, 2.24) is 4.98 Å². The van der Waals surface area contributed by atoms with Gasteiger partial charge in [-0.15, -0.1) is 0 Å². The zero-order valence-electron chi connectivity index (χ0n) is 10.8. The maximum absolute atomic E-state index is 13.8. The van der Waals surface area contributed by atoms with Gasteiger partial charge >= 0.3 is 5.97 Å². The number of ether oxygens (including phenoxy) is 1. The number of aromatic carboxylic acids is 1. The van der Waals surface area contributed by atoms with E-state index in [4.69, 9.17) is 4.74 Å². The van der Waals surface area contributed by atoms with Gasteiger partial charge in [-0.3, -0.25) is 4.98 Å². The summed E-state index contributed by atoms with van der Waals surface area (Å²) < 4.78 is 19.7. The van der Waals surface area contributed by atoms with Crippen LogP contribution in [0.1, 0.15) is 21.7 Å². The summed E-state index contributed by atoms with van der Waals surface area (Å²) in [5.74, 6) is -1.71. The Bertz CT molecular complexity index is 688. The Labute approximate surface area is 123 Å². The highest BCUT2D eigenvalue weighted by Crippen LogP contribution is 2.30. The molecule has 1 aromatic carbocycles. The number of rotatable bonds is 3. The van der Waals surface area contributed by atoms with E-state index in [0.717, 1.165) is 0 Å². The van der Waals surface area contributed by atoms with Crippen LogP contribution in [0.4, 0.5) is 4.39 Å². The first-order chi connectivity index (χ1) is 9.38. The van der Waals surface area contributed by atoms with Gasteiger partial charge in [-0.1, -0.05) is 15.9 Å². The highest BCUT2D eigenvalue weighted by atomic mass is 79.9. The van der Waals surface area contributed by atoms with Crippen LogP contribution >= 0.6 is 15.9 Å². The van der Waals surface area contributed by atoms with E-state index in [1.165, 1.54) is 18.2 Å². The van der Waals surface area contributed by atoms with Gasteiger partial charge in [-0.05, 0) is 32.0 Å². The van der Waals surface area contributed by atoms with Gasteiger partial charge in [0, 0.05) is 16.2 Å². The van der Waals surface area contributed by atoms with Gasteiger partial charge in [0.15, 0.2) is 11.6 Å². The van der Waals surface area contributed by atoms with Crippen molar-refractivity contribution in [3.8, 4) is 11.5 Å². The van der Waals surface area contributed by atoms with E-state index < -0.39 is 11.8 Å². The van der Waals surface area contributed by atoms with Crippen LogP contribution in [0.25, 0.3) is 0 Å². The number of hydrogen-bond acceptors (Lipinski definition) is 3. The molecule has 4 nitrogen and oxygen atoms in total. The molecule has 6 heteroatoms. The molecule has 0 aliphatic heterocycles. The molecule has 104 valence electrons. The van der Waals surface area contributed by atoms with Crippen molar-refractivity contribution >= 4 is 21.9 Å². The van der Waals surface area contributed by atoms with E-state index in [9.17, 15) is 14.3 Å². The van der Waals surface area contributed by atoms with Gasteiger partial charge in [0.2, 0.25) is 0 Å². The van der Waals surface area contributed by atoms with E-state index in [1.54, 1.807) is 19.9 Å². The highest BCUT2D eigenvalue weighted by Gasteiger charge is 2.18. The van der Waals surface area contributed by atoms with Crippen LogP contribution < -0.4 is 4.74 Å². The Morgan fingerprint density at radius 1 is 1.30 bits per heavy atom. The fraction of sp³-hybridized carbons (Fsp3) is 0.143. The van der Waals surface area contributed by atoms with E-state index in [1.807, 2.05) is 0 Å². The SMILES string of the molecule is Cc1cc(Oc2ccc(Br)cc2F)c(C(=O)O)c(C)n1. The largest absolute Gasteiger partial charge is 0.477 e. The standard InChI is InChI=1S/C14H11BrFNO3/c1-7-5-12(13(14(18)19)8(2)17-7)20-11-4-3-9(15)6-10(11)16/h3-6H,1-2H3,(H,18,19). The average Bonchev–Trinajstić information content (AvgIpc) is 2.31. The lowest BCUT2D eigenvalue weighted by Crippen LogP contribution is -2.06. The molecule has 0 amide bonds. The lowest BCUT2D eigenvalue weighted by atomic mass is 10.1. The van der Waals surface area contributed by atoms with Crippen molar-refractivity contribution < 1.29 is 19.0 Å². The number of carboxylic acids is 1. The topological polar surface area (TPSA) is 59.4 Å². The van der Waals surface area contributed by atoms with Gasteiger partial charge < -0.3 is 9.84 Å². The number of halogens is 2. The molecule has 2 aromatic rings. The molecule has 0 saturated carbocycles. The van der Waals surface area contributed by atoms with Crippen molar-refractivity contribution in [3.05, 3.63) is 51.5 Å².